The van der Waals surface area contributed by atoms with E-state index in [1.165, 1.54) is 0 Å². The summed E-state index contributed by atoms with van der Waals surface area (Å²) in [5.41, 5.74) is 8.20. The summed E-state index contributed by atoms with van der Waals surface area (Å²) in [7, 11) is 5.69. The molecular weight excluding hydrogens is 256 g/mol. The lowest BCUT2D eigenvalue weighted by Gasteiger charge is -2.17. The minimum Gasteiger partial charge on any atom is -0.493 e. The highest BCUT2D eigenvalue weighted by atomic mass is 16.5. The highest BCUT2D eigenvalue weighted by molar-refractivity contribution is 5.36. The molecule has 110 valence electrons. The van der Waals surface area contributed by atoms with Gasteiger partial charge in [-0.15, -0.1) is 0 Å². The molecule has 2 aromatic heterocycles. The molecule has 0 bridgehead atoms. The van der Waals surface area contributed by atoms with Gasteiger partial charge in [-0.05, 0) is 27.1 Å². The number of hydrogen-bond acceptors (Lipinski definition) is 5. The molecule has 2 N–H and O–H groups in total. The fourth-order valence-electron chi connectivity index (χ4n) is 2.19. The van der Waals surface area contributed by atoms with Crippen LogP contribution in [0.2, 0.25) is 0 Å². The van der Waals surface area contributed by atoms with Crippen LogP contribution in [-0.4, -0.2) is 42.4 Å². The third-order valence-electron chi connectivity index (χ3n) is 3.35. The fourth-order valence-corrected chi connectivity index (χ4v) is 2.19. The molecule has 20 heavy (non-hydrogen) atoms. The van der Waals surface area contributed by atoms with Gasteiger partial charge >= 0.3 is 0 Å². The second-order valence-electron chi connectivity index (χ2n) is 5.03. The van der Waals surface area contributed by atoms with Gasteiger partial charge in [0.25, 0.3) is 0 Å². The second-order valence-corrected chi connectivity index (χ2v) is 5.03. The smallest absolute Gasteiger partial charge is 0.161 e. The van der Waals surface area contributed by atoms with Crippen LogP contribution in [0.3, 0.4) is 0 Å². The molecule has 2 rings (SSSR count). The number of aryl methyl sites for hydroxylation is 1. The van der Waals surface area contributed by atoms with Crippen molar-refractivity contribution in [3.8, 4) is 5.75 Å². The molecule has 0 aromatic carbocycles. The largest absolute Gasteiger partial charge is 0.493 e. The lowest BCUT2D eigenvalue weighted by Crippen LogP contribution is -2.23. The van der Waals surface area contributed by atoms with E-state index in [0.29, 0.717) is 5.75 Å². The molecule has 0 aliphatic carbocycles. The van der Waals surface area contributed by atoms with Crippen molar-refractivity contribution in [2.45, 2.75) is 19.5 Å². The zero-order chi connectivity index (χ0) is 14.7. The van der Waals surface area contributed by atoms with Crippen molar-refractivity contribution in [1.82, 2.24) is 14.7 Å². The van der Waals surface area contributed by atoms with Crippen LogP contribution in [0.5, 0.6) is 5.75 Å². The van der Waals surface area contributed by atoms with Crippen LogP contribution in [0.4, 0.5) is 0 Å². The van der Waals surface area contributed by atoms with E-state index in [-0.39, 0.29) is 6.04 Å². The van der Waals surface area contributed by atoms with E-state index in [4.69, 9.17) is 14.9 Å². The van der Waals surface area contributed by atoms with E-state index in [9.17, 15) is 0 Å². The van der Waals surface area contributed by atoms with Gasteiger partial charge < -0.3 is 19.8 Å². The van der Waals surface area contributed by atoms with Crippen LogP contribution in [0.25, 0.3) is 0 Å². The second kappa shape index (κ2) is 6.11. The highest BCUT2D eigenvalue weighted by Gasteiger charge is 2.22. The number of nitrogens with two attached hydrogens (primary N) is 1. The van der Waals surface area contributed by atoms with Gasteiger partial charge in [0.1, 0.15) is 11.5 Å². The minimum atomic E-state index is -0.312. The molecule has 6 heteroatoms. The van der Waals surface area contributed by atoms with Gasteiger partial charge in [0.15, 0.2) is 5.75 Å². The lowest BCUT2D eigenvalue weighted by atomic mass is 10.1. The van der Waals surface area contributed by atoms with Crippen molar-refractivity contribution in [1.29, 1.82) is 0 Å². The number of ether oxygens (including phenoxy) is 1. The summed E-state index contributed by atoms with van der Waals surface area (Å²) in [6.45, 7) is 3.55. The zero-order valence-electron chi connectivity index (χ0n) is 12.5. The molecule has 2 aromatic rings. The van der Waals surface area contributed by atoms with Crippen molar-refractivity contribution in [3.05, 3.63) is 35.5 Å². The van der Waals surface area contributed by atoms with Crippen LogP contribution < -0.4 is 10.5 Å². The molecule has 1 unspecified atom stereocenters. The van der Waals surface area contributed by atoms with Gasteiger partial charge in [0.05, 0.1) is 32.2 Å². The molecule has 0 amide bonds. The van der Waals surface area contributed by atoms with Gasteiger partial charge in [-0.1, -0.05) is 0 Å². The Morgan fingerprint density at radius 1 is 1.50 bits per heavy atom. The van der Waals surface area contributed by atoms with Crippen LogP contribution in [0, 0.1) is 6.92 Å². The Balaban J connectivity index is 2.33. The van der Waals surface area contributed by atoms with E-state index < -0.39 is 0 Å². The number of methoxy groups -OCH3 is 1. The van der Waals surface area contributed by atoms with Gasteiger partial charge in [-0.3, -0.25) is 4.68 Å². The maximum atomic E-state index is 6.38. The van der Waals surface area contributed by atoms with E-state index in [0.717, 1.165) is 30.1 Å². The summed E-state index contributed by atoms with van der Waals surface area (Å²) in [4.78, 5) is 2.10. The van der Waals surface area contributed by atoms with Gasteiger partial charge in [-0.2, -0.15) is 5.10 Å². The van der Waals surface area contributed by atoms with Gasteiger partial charge in [0.2, 0.25) is 0 Å². The molecule has 0 spiro atoms. The molecule has 6 nitrogen and oxygen atoms in total. The highest BCUT2D eigenvalue weighted by Crippen LogP contribution is 2.30. The summed E-state index contributed by atoms with van der Waals surface area (Å²) in [5.74, 6) is 1.52. The standard InChI is InChI=1S/C14H22N4O2/c1-10-11(5-8-20-10)13(15)14-12(19-4)9-16-18(14)7-6-17(2)3/h5,8-9,13H,6-7,15H2,1-4H3. The Morgan fingerprint density at radius 3 is 2.80 bits per heavy atom. The van der Waals surface area contributed by atoms with Crippen molar-refractivity contribution in [2.75, 3.05) is 27.7 Å². The maximum absolute atomic E-state index is 6.38. The topological polar surface area (TPSA) is 69.5 Å². The average Bonchev–Trinajstić information content (AvgIpc) is 3.01. The fraction of sp³-hybridized carbons (Fsp3) is 0.500. The van der Waals surface area contributed by atoms with Crippen LogP contribution >= 0.6 is 0 Å². The summed E-state index contributed by atoms with van der Waals surface area (Å²) >= 11 is 0. The SMILES string of the molecule is COc1cnn(CCN(C)C)c1C(N)c1ccoc1C. The Bertz CT molecular complexity index is 559. The lowest BCUT2D eigenvalue weighted by molar-refractivity contribution is 0.363. The minimum absolute atomic E-state index is 0.312. The van der Waals surface area contributed by atoms with Gasteiger partial charge in [-0.25, -0.2) is 0 Å². The quantitative estimate of drug-likeness (QED) is 0.865. The van der Waals surface area contributed by atoms with Crippen molar-refractivity contribution >= 4 is 0 Å². The number of nitrogens with zero attached hydrogens (tertiary/aromatic N) is 3. The molecule has 0 radical (unpaired) electrons. The third-order valence-corrected chi connectivity index (χ3v) is 3.35. The number of rotatable bonds is 6. The normalized spacial score (nSPS) is 12.9. The maximum Gasteiger partial charge on any atom is 0.161 e. The van der Waals surface area contributed by atoms with E-state index in [1.807, 2.05) is 31.8 Å². The Morgan fingerprint density at radius 2 is 2.25 bits per heavy atom. The van der Waals surface area contributed by atoms with Gasteiger partial charge in [0, 0.05) is 12.1 Å². The summed E-state index contributed by atoms with van der Waals surface area (Å²) in [6, 6.07) is 1.58. The van der Waals surface area contributed by atoms with Crippen LogP contribution in [-0.2, 0) is 6.54 Å². The van der Waals surface area contributed by atoms with E-state index >= 15 is 0 Å². The molecule has 0 saturated heterocycles. The number of likely N-dealkylation sites (N-methyl/N-ethyl adjacent to an activating group) is 1. The zero-order valence-corrected chi connectivity index (χ0v) is 12.5. The first-order valence-electron chi connectivity index (χ1n) is 6.58. The molecule has 0 aliphatic heterocycles. The summed E-state index contributed by atoms with van der Waals surface area (Å²) < 4.78 is 12.6. The third kappa shape index (κ3) is 2.86. The molecule has 2 heterocycles. The van der Waals surface area contributed by atoms with E-state index in [2.05, 4.69) is 10.00 Å². The molecule has 0 aliphatic rings. The molecule has 0 fully saturated rings. The van der Waals surface area contributed by atoms with Crippen molar-refractivity contribution < 1.29 is 9.15 Å². The first-order chi connectivity index (χ1) is 9.54. The Kier molecular flexibility index (Phi) is 4.46. The number of aromatic nitrogens is 2. The molecular formula is C14H22N4O2. The van der Waals surface area contributed by atoms with E-state index in [1.54, 1.807) is 19.6 Å². The molecule has 0 saturated carbocycles. The predicted octanol–water partition coefficient (Wildman–Crippen LogP) is 1.40. The average molecular weight is 278 g/mol. The molecule has 1 atom stereocenters. The Labute approximate surface area is 119 Å². The number of furan rings is 1. The van der Waals surface area contributed by atoms with Crippen molar-refractivity contribution in [3.63, 3.8) is 0 Å². The van der Waals surface area contributed by atoms with Crippen molar-refractivity contribution in [2.24, 2.45) is 5.73 Å². The van der Waals surface area contributed by atoms with Crippen LogP contribution in [0.1, 0.15) is 23.1 Å². The predicted molar refractivity (Wildman–Crippen MR) is 76.8 cm³/mol. The van der Waals surface area contributed by atoms with Crippen LogP contribution in [0.15, 0.2) is 22.9 Å². The monoisotopic (exact) mass is 278 g/mol. The summed E-state index contributed by atoms with van der Waals surface area (Å²) in [6.07, 6.45) is 3.36. The summed E-state index contributed by atoms with van der Waals surface area (Å²) in [5, 5.41) is 4.37. The number of hydrogen-bond donors (Lipinski definition) is 1. The first kappa shape index (κ1) is 14.6. The first-order valence-corrected chi connectivity index (χ1v) is 6.58. The Hall–Kier alpha value is -1.79.